The minimum Gasteiger partial charge on any atom is -0.508 e. The summed E-state index contributed by atoms with van der Waals surface area (Å²) in [4.78, 5) is 15.9. The molecule has 1 fully saturated rings. The van der Waals surface area contributed by atoms with Gasteiger partial charge in [-0.05, 0) is 49.6 Å². The molecule has 0 radical (unpaired) electrons. The van der Waals surface area contributed by atoms with Crippen LogP contribution in [0.15, 0.2) is 49.8 Å². The van der Waals surface area contributed by atoms with E-state index in [0.717, 1.165) is 55.0 Å². The Morgan fingerprint density at radius 2 is 2.00 bits per heavy atom. The topological polar surface area (TPSA) is 126 Å². The summed E-state index contributed by atoms with van der Waals surface area (Å²) in [5.41, 5.74) is 10.6. The highest BCUT2D eigenvalue weighted by Gasteiger charge is 2.27. The first kappa shape index (κ1) is 23.9. The third kappa shape index (κ3) is 4.87. The Morgan fingerprint density at radius 1 is 1.23 bits per heavy atom. The molecule has 35 heavy (non-hydrogen) atoms. The normalized spacial score (nSPS) is 13.9. The number of pyridine rings is 1. The fourth-order valence-corrected chi connectivity index (χ4v) is 4.47. The largest absolute Gasteiger partial charge is 0.508 e. The van der Waals surface area contributed by atoms with Gasteiger partial charge in [-0.25, -0.2) is 15.0 Å². The number of phenolic OH excluding ortho intramolecular Hbond substituents is 1. The van der Waals surface area contributed by atoms with E-state index in [9.17, 15) is 5.11 Å². The summed E-state index contributed by atoms with van der Waals surface area (Å²) in [7, 11) is 0. The molecule has 0 bridgehead atoms. The van der Waals surface area contributed by atoms with Crippen molar-refractivity contribution >= 4 is 35.3 Å². The Bertz CT molecular complexity index is 1260. The van der Waals surface area contributed by atoms with Gasteiger partial charge in [0.05, 0.1) is 17.3 Å². The molecule has 1 aliphatic heterocycles. The first-order valence-corrected chi connectivity index (χ1v) is 11.8. The van der Waals surface area contributed by atoms with Gasteiger partial charge < -0.3 is 21.1 Å². The van der Waals surface area contributed by atoms with Crippen LogP contribution in [0.25, 0.3) is 12.2 Å². The summed E-state index contributed by atoms with van der Waals surface area (Å²) >= 11 is 0. The lowest BCUT2D eigenvalue weighted by molar-refractivity contribution is -0.111. The number of hydrogen-bond donors (Lipinski definition) is 4. The zero-order valence-electron chi connectivity index (χ0n) is 20.0. The van der Waals surface area contributed by atoms with Crippen molar-refractivity contribution in [3.05, 3.63) is 77.8 Å². The fourth-order valence-electron chi connectivity index (χ4n) is 4.47. The van der Waals surface area contributed by atoms with E-state index in [4.69, 9.17) is 16.1 Å². The molecule has 1 unspecified atom stereocenters. The molecular formula is C27H32N7O+. The number of nitrogen functional groups attached to an aromatic ring is 1. The van der Waals surface area contributed by atoms with Gasteiger partial charge in [-0.15, -0.1) is 0 Å². The molecule has 3 heterocycles. The van der Waals surface area contributed by atoms with E-state index in [2.05, 4.69) is 46.3 Å². The van der Waals surface area contributed by atoms with Crippen molar-refractivity contribution in [1.82, 2.24) is 15.0 Å². The Labute approximate surface area is 205 Å². The van der Waals surface area contributed by atoms with Crippen LogP contribution in [0, 0.1) is 0 Å². The Balaban J connectivity index is 1.78. The van der Waals surface area contributed by atoms with E-state index in [1.54, 1.807) is 30.4 Å². The quantitative estimate of drug-likeness (QED) is 0.354. The second kappa shape index (κ2) is 10.4. The predicted octanol–water partition coefficient (Wildman–Crippen LogP) is 3.21. The van der Waals surface area contributed by atoms with E-state index >= 15 is 0 Å². The highest BCUT2D eigenvalue weighted by Crippen LogP contribution is 2.35. The van der Waals surface area contributed by atoms with Gasteiger partial charge in [-0.1, -0.05) is 32.2 Å². The van der Waals surface area contributed by atoms with Crippen LogP contribution in [-0.2, 0) is 0 Å². The van der Waals surface area contributed by atoms with Gasteiger partial charge in [0.25, 0.3) is 0 Å². The average Bonchev–Trinajstić information content (AvgIpc) is 3.41. The van der Waals surface area contributed by atoms with Gasteiger partial charge in [0, 0.05) is 24.2 Å². The van der Waals surface area contributed by atoms with Crippen molar-refractivity contribution in [2.24, 2.45) is 0 Å². The zero-order valence-corrected chi connectivity index (χ0v) is 20.0. The molecule has 4 rings (SSSR count). The maximum absolute atomic E-state index is 9.93. The van der Waals surface area contributed by atoms with E-state index in [1.807, 2.05) is 6.07 Å². The highest BCUT2D eigenvalue weighted by molar-refractivity contribution is 6.14. The second-order valence-corrected chi connectivity index (χ2v) is 8.53. The predicted molar refractivity (Wildman–Crippen MR) is 142 cm³/mol. The van der Waals surface area contributed by atoms with Crippen LogP contribution in [-0.4, -0.2) is 38.9 Å². The monoisotopic (exact) mass is 470 g/mol. The molecule has 0 saturated carbocycles. The standard InChI is InChI=1S/C27H31N7O/c1-4-17-15-20(27(33-21(17)5-2)34-12-7-8-13-34)22(6-3)32-26-23(25(29)30-16-31-26)24(28)18-10-9-11-19(35)14-18/h4-5,9-11,14-16,22,28,35H,1-2,6-8,12-13H2,3H3,(H3,29,30,31,32)/p+1. The second-order valence-electron chi connectivity index (χ2n) is 8.53. The van der Waals surface area contributed by atoms with Crippen LogP contribution in [0.2, 0.25) is 0 Å². The minimum atomic E-state index is -0.124. The smallest absolute Gasteiger partial charge is 0.218 e. The summed E-state index contributed by atoms with van der Waals surface area (Å²) in [6, 6.07) is 8.71. The molecule has 8 heteroatoms. The molecule has 2 aromatic heterocycles. The third-order valence-electron chi connectivity index (χ3n) is 6.31. The van der Waals surface area contributed by atoms with Gasteiger partial charge >= 0.3 is 0 Å². The molecule has 1 saturated heterocycles. The van der Waals surface area contributed by atoms with Crippen LogP contribution in [0.5, 0.6) is 5.75 Å². The Hall–Kier alpha value is -4.20. The van der Waals surface area contributed by atoms with E-state index in [-0.39, 0.29) is 17.6 Å². The summed E-state index contributed by atoms with van der Waals surface area (Å²) in [6.07, 6.45) is 8.03. The van der Waals surface area contributed by atoms with Crippen LogP contribution in [0.4, 0.5) is 17.5 Å². The molecule has 1 aliphatic rings. The van der Waals surface area contributed by atoms with Gasteiger partial charge in [-0.3, -0.25) is 5.41 Å². The van der Waals surface area contributed by atoms with Gasteiger partial charge in [0.2, 0.25) is 5.71 Å². The number of nitrogens with two attached hydrogens (primary N) is 2. The van der Waals surface area contributed by atoms with Gasteiger partial charge in [0.15, 0.2) is 0 Å². The van der Waals surface area contributed by atoms with Crippen molar-refractivity contribution in [1.29, 1.82) is 0 Å². The van der Waals surface area contributed by atoms with Gasteiger partial charge in [0.1, 0.15) is 35.1 Å². The Morgan fingerprint density at radius 3 is 2.66 bits per heavy atom. The van der Waals surface area contributed by atoms with Crippen molar-refractivity contribution in [2.75, 3.05) is 29.0 Å². The molecular weight excluding hydrogens is 438 g/mol. The number of phenols is 1. The minimum absolute atomic E-state index is 0.113. The average molecular weight is 471 g/mol. The molecule has 3 aromatic rings. The first-order valence-electron chi connectivity index (χ1n) is 11.8. The molecule has 0 amide bonds. The highest BCUT2D eigenvalue weighted by atomic mass is 16.3. The van der Waals surface area contributed by atoms with Gasteiger partial charge in [-0.2, -0.15) is 0 Å². The lowest BCUT2D eigenvalue weighted by Gasteiger charge is -2.27. The number of anilines is 3. The fraction of sp³-hybridized carbons (Fsp3) is 0.259. The lowest BCUT2D eigenvalue weighted by atomic mass is 9.99. The summed E-state index contributed by atoms with van der Waals surface area (Å²) in [5.74, 6) is 1.83. The number of benzene rings is 1. The van der Waals surface area contributed by atoms with Crippen LogP contribution in [0.1, 0.15) is 60.2 Å². The third-order valence-corrected chi connectivity index (χ3v) is 6.31. The number of rotatable bonds is 9. The molecule has 1 atom stereocenters. The summed E-state index contributed by atoms with van der Waals surface area (Å²) in [5, 5.41) is 20.0. The number of aromatic hydroxyl groups is 1. The number of nitrogens with zero attached hydrogens (tertiary/aromatic N) is 4. The van der Waals surface area contributed by atoms with E-state index < -0.39 is 0 Å². The van der Waals surface area contributed by atoms with Crippen LogP contribution < -0.4 is 21.4 Å². The molecule has 8 nitrogen and oxygen atoms in total. The number of hydrogen-bond acceptors (Lipinski definition) is 7. The van der Waals surface area contributed by atoms with Crippen molar-refractivity contribution in [3.63, 3.8) is 0 Å². The Kier molecular flexibility index (Phi) is 7.10. The molecule has 0 aliphatic carbocycles. The van der Waals surface area contributed by atoms with E-state index in [1.165, 1.54) is 6.33 Å². The maximum atomic E-state index is 9.93. The van der Waals surface area contributed by atoms with Crippen LogP contribution >= 0.6 is 0 Å². The SMILES string of the molecule is C=Cc1cc(C(CC)Nc2ncnc(N)c2C(=[NH2+])c2cccc(O)c2)c(N2CCCC2)nc1C=C. The van der Waals surface area contributed by atoms with Crippen molar-refractivity contribution in [2.45, 2.75) is 32.2 Å². The molecule has 180 valence electrons. The molecule has 1 aromatic carbocycles. The maximum Gasteiger partial charge on any atom is 0.218 e. The lowest BCUT2D eigenvalue weighted by Crippen LogP contribution is -2.42. The number of aromatic nitrogens is 3. The van der Waals surface area contributed by atoms with Crippen molar-refractivity contribution < 1.29 is 10.5 Å². The van der Waals surface area contributed by atoms with E-state index in [0.29, 0.717) is 22.7 Å². The summed E-state index contributed by atoms with van der Waals surface area (Å²) < 4.78 is 0. The van der Waals surface area contributed by atoms with Crippen molar-refractivity contribution in [3.8, 4) is 5.75 Å². The number of nitrogens with one attached hydrogen (secondary N) is 1. The zero-order chi connectivity index (χ0) is 24.9. The molecule has 0 spiro atoms. The summed E-state index contributed by atoms with van der Waals surface area (Å²) in [6.45, 7) is 11.9. The first-order chi connectivity index (χ1) is 17.0. The molecule has 6 N–H and O–H groups in total. The van der Waals surface area contributed by atoms with Crippen LogP contribution in [0.3, 0.4) is 0 Å².